The van der Waals surface area contributed by atoms with Crippen LogP contribution in [0.25, 0.3) is 0 Å². The van der Waals surface area contributed by atoms with Crippen molar-refractivity contribution < 1.29 is 9.84 Å². The monoisotopic (exact) mass is 347 g/mol. The molecule has 0 fully saturated rings. The van der Waals surface area contributed by atoms with Gasteiger partial charge < -0.3 is 15.6 Å². The second-order valence-corrected chi connectivity index (χ2v) is 6.43. The second-order valence-electron chi connectivity index (χ2n) is 5.58. The maximum absolute atomic E-state index is 11.1. The predicted octanol–water partition coefficient (Wildman–Crippen LogP) is 3.29. The van der Waals surface area contributed by atoms with Crippen LogP contribution in [0.3, 0.4) is 0 Å². The van der Waals surface area contributed by atoms with Gasteiger partial charge in [-0.25, -0.2) is 0 Å². The molecule has 0 spiro atoms. The number of aliphatic hydroxyl groups is 1. The average Bonchev–Trinajstić information content (AvgIpc) is 2.71. The summed E-state index contributed by atoms with van der Waals surface area (Å²) in [4.78, 5) is 0. The Bertz CT molecular complexity index is 674. The van der Waals surface area contributed by atoms with Crippen LogP contribution in [0.5, 0.6) is 5.75 Å². The minimum atomic E-state index is -0.899. The highest BCUT2D eigenvalue weighted by molar-refractivity contribution is 9.10. The molecule has 4 heteroatoms. The number of ether oxygens (including phenoxy) is 1. The zero-order valence-corrected chi connectivity index (χ0v) is 13.4. The van der Waals surface area contributed by atoms with Gasteiger partial charge in [0.05, 0.1) is 17.2 Å². The largest absolute Gasteiger partial charge is 0.496 e. The van der Waals surface area contributed by atoms with Crippen LogP contribution in [0, 0.1) is 0 Å². The third-order valence-corrected chi connectivity index (χ3v) is 4.75. The Morgan fingerprint density at radius 1 is 1.33 bits per heavy atom. The van der Waals surface area contributed by atoms with Gasteiger partial charge in [-0.15, -0.1) is 0 Å². The SMILES string of the molecule is COc1ccc(CC2(O)CC(N)c3ccccc32)cc1Br. The summed E-state index contributed by atoms with van der Waals surface area (Å²) in [5.74, 6) is 0.786. The van der Waals surface area contributed by atoms with Crippen LogP contribution < -0.4 is 10.5 Å². The van der Waals surface area contributed by atoms with Gasteiger partial charge in [-0.3, -0.25) is 0 Å². The number of halogens is 1. The van der Waals surface area contributed by atoms with Gasteiger partial charge in [0.2, 0.25) is 0 Å². The summed E-state index contributed by atoms with van der Waals surface area (Å²) in [5.41, 5.74) is 8.31. The first-order valence-electron chi connectivity index (χ1n) is 6.93. The zero-order valence-electron chi connectivity index (χ0n) is 11.8. The molecule has 0 aromatic heterocycles. The molecule has 3 rings (SSSR count). The fourth-order valence-corrected chi connectivity index (χ4v) is 3.74. The van der Waals surface area contributed by atoms with E-state index in [1.807, 2.05) is 42.5 Å². The molecule has 0 bridgehead atoms. The van der Waals surface area contributed by atoms with Crippen LogP contribution in [0.2, 0.25) is 0 Å². The Kier molecular flexibility index (Phi) is 3.78. The summed E-state index contributed by atoms with van der Waals surface area (Å²) < 4.78 is 6.13. The van der Waals surface area contributed by atoms with Crippen LogP contribution >= 0.6 is 15.9 Å². The standard InChI is InChI=1S/C17H18BrNO2/c1-21-16-7-6-11(8-14(16)18)9-17(20)10-15(19)12-4-2-3-5-13(12)17/h2-8,15,20H,9-10,19H2,1H3. The molecule has 0 amide bonds. The summed E-state index contributed by atoms with van der Waals surface area (Å²) in [6.07, 6.45) is 1.09. The Morgan fingerprint density at radius 3 is 2.81 bits per heavy atom. The molecule has 2 aromatic carbocycles. The molecule has 21 heavy (non-hydrogen) atoms. The van der Waals surface area contributed by atoms with Gasteiger partial charge in [0, 0.05) is 12.5 Å². The molecular weight excluding hydrogens is 330 g/mol. The first-order valence-corrected chi connectivity index (χ1v) is 7.72. The quantitative estimate of drug-likeness (QED) is 0.895. The predicted molar refractivity (Wildman–Crippen MR) is 86.3 cm³/mol. The van der Waals surface area contributed by atoms with Crippen molar-refractivity contribution in [2.75, 3.05) is 7.11 Å². The van der Waals surface area contributed by atoms with Crippen molar-refractivity contribution in [3.63, 3.8) is 0 Å². The normalized spacial score (nSPS) is 23.9. The minimum Gasteiger partial charge on any atom is -0.496 e. The smallest absolute Gasteiger partial charge is 0.133 e. The molecule has 2 atom stereocenters. The number of benzene rings is 2. The van der Waals surface area contributed by atoms with E-state index in [0.717, 1.165) is 26.9 Å². The van der Waals surface area contributed by atoms with E-state index < -0.39 is 5.60 Å². The Balaban J connectivity index is 1.93. The molecule has 3 nitrogen and oxygen atoms in total. The van der Waals surface area contributed by atoms with Gasteiger partial charge in [-0.1, -0.05) is 30.3 Å². The third-order valence-electron chi connectivity index (χ3n) is 4.13. The Labute approximate surface area is 132 Å². The minimum absolute atomic E-state index is 0.104. The number of hydrogen-bond donors (Lipinski definition) is 2. The molecular formula is C17H18BrNO2. The van der Waals surface area contributed by atoms with Crippen molar-refractivity contribution in [2.24, 2.45) is 5.73 Å². The lowest BCUT2D eigenvalue weighted by Crippen LogP contribution is -2.26. The van der Waals surface area contributed by atoms with E-state index in [1.54, 1.807) is 7.11 Å². The molecule has 3 N–H and O–H groups in total. The van der Waals surface area contributed by atoms with E-state index in [1.165, 1.54) is 0 Å². The van der Waals surface area contributed by atoms with E-state index in [2.05, 4.69) is 15.9 Å². The second kappa shape index (κ2) is 5.44. The molecule has 2 unspecified atom stereocenters. The highest BCUT2D eigenvalue weighted by Gasteiger charge is 2.40. The Morgan fingerprint density at radius 2 is 2.10 bits per heavy atom. The lowest BCUT2D eigenvalue weighted by Gasteiger charge is -2.24. The van der Waals surface area contributed by atoms with Crippen LogP contribution in [0.1, 0.15) is 29.2 Å². The van der Waals surface area contributed by atoms with E-state index in [4.69, 9.17) is 10.5 Å². The lowest BCUT2D eigenvalue weighted by atomic mass is 9.88. The number of methoxy groups -OCH3 is 1. The fourth-order valence-electron chi connectivity index (χ4n) is 3.15. The van der Waals surface area contributed by atoms with Gasteiger partial charge in [0.25, 0.3) is 0 Å². The van der Waals surface area contributed by atoms with E-state index >= 15 is 0 Å². The van der Waals surface area contributed by atoms with Crippen molar-refractivity contribution in [3.05, 3.63) is 63.6 Å². The summed E-state index contributed by atoms with van der Waals surface area (Å²) in [5, 5.41) is 11.1. The highest BCUT2D eigenvalue weighted by atomic mass is 79.9. The molecule has 1 aliphatic rings. The van der Waals surface area contributed by atoms with Crippen molar-refractivity contribution in [1.29, 1.82) is 0 Å². The van der Waals surface area contributed by atoms with Gasteiger partial charge in [0.15, 0.2) is 0 Å². The van der Waals surface area contributed by atoms with Gasteiger partial charge in [0.1, 0.15) is 5.75 Å². The van der Waals surface area contributed by atoms with E-state index in [0.29, 0.717) is 12.8 Å². The molecule has 0 saturated heterocycles. The molecule has 0 aliphatic heterocycles. The number of nitrogens with two attached hydrogens (primary N) is 1. The van der Waals surface area contributed by atoms with Gasteiger partial charge >= 0.3 is 0 Å². The van der Waals surface area contributed by atoms with E-state index in [9.17, 15) is 5.11 Å². The summed E-state index contributed by atoms with van der Waals surface area (Å²) >= 11 is 3.49. The molecule has 0 heterocycles. The van der Waals surface area contributed by atoms with Crippen molar-refractivity contribution in [2.45, 2.75) is 24.5 Å². The van der Waals surface area contributed by atoms with Crippen LogP contribution in [0.15, 0.2) is 46.9 Å². The molecule has 1 aliphatic carbocycles. The first-order chi connectivity index (χ1) is 10.0. The Hall–Kier alpha value is -1.36. The number of hydrogen-bond acceptors (Lipinski definition) is 3. The molecule has 110 valence electrons. The molecule has 0 radical (unpaired) electrons. The molecule has 2 aromatic rings. The van der Waals surface area contributed by atoms with Crippen LogP contribution in [-0.4, -0.2) is 12.2 Å². The maximum atomic E-state index is 11.1. The number of rotatable bonds is 3. The maximum Gasteiger partial charge on any atom is 0.133 e. The van der Waals surface area contributed by atoms with Gasteiger partial charge in [-0.2, -0.15) is 0 Å². The van der Waals surface area contributed by atoms with Gasteiger partial charge in [-0.05, 0) is 51.2 Å². The summed E-state index contributed by atoms with van der Waals surface area (Å²) in [7, 11) is 1.64. The van der Waals surface area contributed by atoms with E-state index in [-0.39, 0.29) is 6.04 Å². The lowest BCUT2D eigenvalue weighted by molar-refractivity contribution is 0.0342. The number of fused-ring (bicyclic) bond motifs is 1. The average molecular weight is 348 g/mol. The van der Waals surface area contributed by atoms with Crippen molar-refractivity contribution >= 4 is 15.9 Å². The summed E-state index contributed by atoms with van der Waals surface area (Å²) in [6, 6.07) is 13.7. The highest BCUT2D eigenvalue weighted by Crippen LogP contribution is 2.44. The topological polar surface area (TPSA) is 55.5 Å². The zero-order chi connectivity index (χ0) is 15.0. The third kappa shape index (κ3) is 2.59. The van der Waals surface area contributed by atoms with Crippen molar-refractivity contribution in [3.8, 4) is 5.75 Å². The van der Waals surface area contributed by atoms with Crippen molar-refractivity contribution in [1.82, 2.24) is 0 Å². The van der Waals surface area contributed by atoms with Crippen LogP contribution in [0.4, 0.5) is 0 Å². The first kappa shape index (κ1) is 14.6. The summed E-state index contributed by atoms with van der Waals surface area (Å²) in [6.45, 7) is 0. The van der Waals surface area contributed by atoms with Crippen LogP contribution in [-0.2, 0) is 12.0 Å². The molecule has 0 saturated carbocycles. The fraction of sp³-hybridized carbons (Fsp3) is 0.294.